The molecular formula is C12H11ClN2O4S. The molecule has 0 aromatic heterocycles. The third-order valence-corrected chi connectivity index (χ3v) is 4.46. The predicted octanol–water partition coefficient (Wildman–Crippen LogP) is 1.47. The molecule has 0 saturated heterocycles. The van der Waals surface area contributed by atoms with Crippen LogP contribution in [0.15, 0.2) is 35.7 Å². The van der Waals surface area contributed by atoms with Crippen molar-refractivity contribution in [3.05, 3.63) is 41.4 Å². The second-order valence-corrected chi connectivity index (χ2v) is 6.08. The van der Waals surface area contributed by atoms with E-state index in [2.05, 4.69) is 6.58 Å². The van der Waals surface area contributed by atoms with Crippen molar-refractivity contribution in [1.29, 1.82) is 5.26 Å². The third-order valence-electron chi connectivity index (χ3n) is 2.34. The van der Waals surface area contributed by atoms with Crippen molar-refractivity contribution in [2.45, 2.75) is 4.90 Å². The largest absolute Gasteiger partial charge is 0.480 e. The van der Waals surface area contributed by atoms with E-state index in [1.807, 2.05) is 6.07 Å². The zero-order valence-corrected chi connectivity index (χ0v) is 11.9. The highest BCUT2D eigenvalue weighted by Crippen LogP contribution is 2.22. The Kier molecular flexibility index (Phi) is 5.27. The molecule has 0 radical (unpaired) electrons. The molecule has 1 N–H and O–H groups in total. The number of sulfonamides is 1. The molecular weight excluding hydrogens is 304 g/mol. The van der Waals surface area contributed by atoms with E-state index < -0.39 is 22.5 Å². The second kappa shape index (κ2) is 6.52. The number of hydrogen-bond acceptors (Lipinski definition) is 4. The topological polar surface area (TPSA) is 98.5 Å². The van der Waals surface area contributed by atoms with E-state index in [9.17, 15) is 13.2 Å². The minimum Gasteiger partial charge on any atom is -0.480 e. The van der Waals surface area contributed by atoms with E-state index in [1.165, 1.54) is 18.2 Å². The zero-order chi connectivity index (χ0) is 15.3. The Morgan fingerprint density at radius 2 is 2.20 bits per heavy atom. The molecule has 0 aliphatic rings. The SMILES string of the molecule is C=CCN(CC(=O)O)S(=O)(=O)c1ccc(C#N)c(Cl)c1. The molecule has 0 bridgehead atoms. The molecule has 1 rings (SSSR count). The summed E-state index contributed by atoms with van der Waals surface area (Å²) in [4.78, 5) is 10.5. The number of benzene rings is 1. The fraction of sp³-hybridized carbons (Fsp3) is 0.167. The Balaban J connectivity index is 3.26. The van der Waals surface area contributed by atoms with Crippen molar-refractivity contribution < 1.29 is 18.3 Å². The number of halogens is 1. The lowest BCUT2D eigenvalue weighted by atomic mass is 10.2. The molecule has 1 aromatic rings. The Hall–Kier alpha value is -1.88. The third kappa shape index (κ3) is 3.57. The number of aliphatic carboxylic acids is 1. The number of carboxylic acid groups (broad SMARTS) is 1. The van der Waals surface area contributed by atoms with Gasteiger partial charge in [0, 0.05) is 6.54 Å². The predicted molar refractivity (Wildman–Crippen MR) is 72.8 cm³/mol. The summed E-state index contributed by atoms with van der Waals surface area (Å²) >= 11 is 5.78. The van der Waals surface area contributed by atoms with Gasteiger partial charge in [0.25, 0.3) is 0 Å². The normalized spacial score (nSPS) is 11.1. The van der Waals surface area contributed by atoms with Gasteiger partial charge >= 0.3 is 5.97 Å². The molecule has 20 heavy (non-hydrogen) atoms. The summed E-state index contributed by atoms with van der Waals surface area (Å²) in [5.41, 5.74) is 0.138. The molecule has 0 saturated carbocycles. The summed E-state index contributed by atoms with van der Waals surface area (Å²) in [5, 5.41) is 17.5. The second-order valence-electron chi connectivity index (χ2n) is 3.73. The summed E-state index contributed by atoms with van der Waals surface area (Å²) in [5.74, 6) is -1.28. The van der Waals surface area contributed by atoms with Gasteiger partial charge in [-0.05, 0) is 18.2 Å². The maximum absolute atomic E-state index is 12.3. The quantitative estimate of drug-likeness (QED) is 0.802. The number of nitriles is 1. The average Bonchev–Trinajstić information content (AvgIpc) is 2.37. The van der Waals surface area contributed by atoms with Crippen molar-refractivity contribution in [3.63, 3.8) is 0 Å². The van der Waals surface area contributed by atoms with Crippen LogP contribution < -0.4 is 0 Å². The van der Waals surface area contributed by atoms with Crippen LogP contribution in [0.4, 0.5) is 0 Å². The minimum atomic E-state index is -4.02. The standard InChI is InChI=1S/C12H11ClN2O4S/c1-2-5-15(8-12(16)17)20(18,19)10-4-3-9(7-14)11(13)6-10/h2-4,6H,1,5,8H2,(H,16,17). The first-order valence-electron chi connectivity index (χ1n) is 5.35. The van der Waals surface area contributed by atoms with Crippen LogP contribution in [0.3, 0.4) is 0 Å². The van der Waals surface area contributed by atoms with Crippen LogP contribution in [0.2, 0.25) is 5.02 Å². The highest BCUT2D eigenvalue weighted by atomic mass is 35.5. The zero-order valence-electron chi connectivity index (χ0n) is 10.3. The Labute approximate surface area is 121 Å². The monoisotopic (exact) mass is 314 g/mol. The number of rotatable bonds is 6. The first-order chi connectivity index (χ1) is 9.32. The van der Waals surface area contributed by atoms with E-state index in [1.54, 1.807) is 0 Å². The van der Waals surface area contributed by atoms with Gasteiger partial charge in [-0.2, -0.15) is 9.57 Å². The molecule has 0 unspecified atom stereocenters. The number of carbonyl (C=O) groups is 1. The summed E-state index contributed by atoms with van der Waals surface area (Å²) in [6, 6.07) is 5.40. The molecule has 0 aliphatic heterocycles. The molecule has 8 heteroatoms. The maximum atomic E-state index is 12.3. The van der Waals surface area contributed by atoms with Gasteiger partial charge in [-0.1, -0.05) is 17.7 Å². The van der Waals surface area contributed by atoms with Gasteiger partial charge in [-0.25, -0.2) is 8.42 Å². The summed E-state index contributed by atoms with van der Waals surface area (Å²) < 4.78 is 25.3. The van der Waals surface area contributed by atoms with Gasteiger partial charge in [-0.15, -0.1) is 6.58 Å². The van der Waals surface area contributed by atoms with E-state index in [4.69, 9.17) is 22.0 Å². The lowest BCUT2D eigenvalue weighted by molar-refractivity contribution is -0.137. The lowest BCUT2D eigenvalue weighted by Gasteiger charge is -2.18. The smallest absolute Gasteiger partial charge is 0.318 e. The van der Waals surface area contributed by atoms with Gasteiger partial charge in [0.1, 0.15) is 12.6 Å². The summed E-state index contributed by atoms with van der Waals surface area (Å²) in [6.45, 7) is 2.56. The molecule has 0 spiro atoms. The van der Waals surface area contributed by atoms with Crippen LogP contribution in [0, 0.1) is 11.3 Å². The molecule has 0 amide bonds. The number of nitrogens with zero attached hydrogens (tertiary/aromatic N) is 2. The Morgan fingerprint density at radius 3 is 2.65 bits per heavy atom. The van der Waals surface area contributed by atoms with Crippen LogP contribution in [-0.4, -0.2) is 36.9 Å². The van der Waals surface area contributed by atoms with E-state index in [0.717, 1.165) is 10.4 Å². The van der Waals surface area contributed by atoms with E-state index >= 15 is 0 Å². The molecule has 0 heterocycles. The van der Waals surface area contributed by atoms with Crippen molar-refractivity contribution >= 4 is 27.6 Å². The van der Waals surface area contributed by atoms with Crippen LogP contribution in [-0.2, 0) is 14.8 Å². The first-order valence-corrected chi connectivity index (χ1v) is 7.17. The first kappa shape index (κ1) is 16.2. The van der Waals surface area contributed by atoms with Gasteiger partial charge in [0.2, 0.25) is 10.0 Å². The van der Waals surface area contributed by atoms with Crippen LogP contribution in [0.1, 0.15) is 5.56 Å². The molecule has 106 valence electrons. The minimum absolute atomic E-state index is 0.0116. The highest BCUT2D eigenvalue weighted by Gasteiger charge is 2.26. The van der Waals surface area contributed by atoms with Crippen LogP contribution in [0.5, 0.6) is 0 Å². The van der Waals surface area contributed by atoms with E-state index in [-0.39, 0.29) is 22.0 Å². The summed E-state index contributed by atoms with van der Waals surface area (Å²) in [6.07, 6.45) is 1.28. The van der Waals surface area contributed by atoms with Gasteiger partial charge < -0.3 is 5.11 Å². The molecule has 0 atom stereocenters. The van der Waals surface area contributed by atoms with Crippen molar-refractivity contribution in [2.75, 3.05) is 13.1 Å². The highest BCUT2D eigenvalue weighted by molar-refractivity contribution is 7.89. The van der Waals surface area contributed by atoms with Crippen molar-refractivity contribution in [1.82, 2.24) is 4.31 Å². The maximum Gasteiger partial charge on any atom is 0.318 e. The van der Waals surface area contributed by atoms with Gasteiger partial charge in [0.05, 0.1) is 15.5 Å². The van der Waals surface area contributed by atoms with Crippen molar-refractivity contribution in [2.24, 2.45) is 0 Å². The fourth-order valence-electron chi connectivity index (χ4n) is 1.44. The number of carboxylic acids is 1. The van der Waals surface area contributed by atoms with Gasteiger partial charge in [-0.3, -0.25) is 4.79 Å². The number of hydrogen-bond donors (Lipinski definition) is 1. The molecule has 6 nitrogen and oxygen atoms in total. The summed E-state index contributed by atoms with van der Waals surface area (Å²) in [7, 11) is -4.02. The fourth-order valence-corrected chi connectivity index (χ4v) is 3.11. The van der Waals surface area contributed by atoms with Gasteiger partial charge in [0.15, 0.2) is 0 Å². The van der Waals surface area contributed by atoms with Crippen LogP contribution >= 0.6 is 11.6 Å². The lowest BCUT2D eigenvalue weighted by Crippen LogP contribution is -2.35. The van der Waals surface area contributed by atoms with Crippen molar-refractivity contribution in [3.8, 4) is 6.07 Å². The van der Waals surface area contributed by atoms with E-state index in [0.29, 0.717) is 0 Å². The molecule has 0 fully saturated rings. The van der Waals surface area contributed by atoms with Crippen LogP contribution in [0.25, 0.3) is 0 Å². The molecule has 0 aliphatic carbocycles. The average molecular weight is 315 g/mol. The molecule has 1 aromatic carbocycles. The Morgan fingerprint density at radius 1 is 1.55 bits per heavy atom. The Bertz CT molecular complexity index is 679.